The Labute approximate surface area is 195 Å². The van der Waals surface area contributed by atoms with Gasteiger partial charge in [0, 0.05) is 17.1 Å². The van der Waals surface area contributed by atoms with Gasteiger partial charge in [0.05, 0.1) is 29.2 Å². The second kappa shape index (κ2) is 11.1. The lowest BCUT2D eigenvalue weighted by molar-refractivity contribution is -0.123. The molecule has 0 saturated carbocycles. The van der Waals surface area contributed by atoms with E-state index in [2.05, 4.69) is 31.4 Å². The lowest BCUT2D eigenvalue weighted by Gasteiger charge is -2.13. The highest BCUT2D eigenvalue weighted by molar-refractivity contribution is 14.1. The van der Waals surface area contributed by atoms with E-state index in [1.165, 1.54) is 20.4 Å². The van der Waals surface area contributed by atoms with Crippen molar-refractivity contribution >= 4 is 50.6 Å². The highest BCUT2D eigenvalue weighted by Crippen LogP contribution is 2.32. The summed E-state index contributed by atoms with van der Waals surface area (Å²) in [6.07, 6.45) is 1.40. The summed E-state index contributed by atoms with van der Waals surface area (Å²) in [5.74, 6) is -0.162. The third-order valence-electron chi connectivity index (χ3n) is 3.78. The number of carbonyl (C=O) groups is 1. The summed E-state index contributed by atoms with van der Waals surface area (Å²) >= 11 is 5.35. The van der Waals surface area contributed by atoms with E-state index in [1.54, 1.807) is 19.1 Å². The third kappa shape index (κ3) is 5.80. The Balaban J connectivity index is 2.06. The maximum atomic E-state index is 12.1. The number of carbonyl (C=O) groups excluding carboxylic acids is 1. The molecule has 2 aromatic rings. The summed E-state index contributed by atoms with van der Waals surface area (Å²) in [4.78, 5) is 16.3. The number of phenolic OH excluding ortho intramolecular Hbond substituents is 1. The molecule has 11 heteroatoms. The van der Waals surface area contributed by atoms with Crippen molar-refractivity contribution in [2.24, 2.45) is 5.10 Å². The average Bonchev–Trinajstić information content (AvgIpc) is 2.72. The van der Waals surface area contributed by atoms with Crippen molar-refractivity contribution in [1.29, 1.82) is 5.26 Å². The number of hydrogen-bond acceptors (Lipinski definition) is 8. The van der Waals surface area contributed by atoms with E-state index in [4.69, 9.17) is 14.2 Å². The number of hydrogen-bond donors (Lipinski definition) is 2. The standard InChI is InChI=1S/C19H18BrIN4O5/c1-10-17(20)13(8-28-2)12(6-22)19(24-10)30-9-16(26)25-23-7-11-4-14(21)18(27)15(5-11)29-3/h4-5,7,27H,8-9H2,1-3H3,(H,25,26)/b23-7+. The van der Waals surface area contributed by atoms with Crippen molar-refractivity contribution in [3.63, 3.8) is 0 Å². The van der Waals surface area contributed by atoms with E-state index in [0.717, 1.165) is 0 Å². The van der Waals surface area contributed by atoms with Gasteiger partial charge in [0.2, 0.25) is 5.88 Å². The van der Waals surface area contributed by atoms with Crippen LogP contribution in [-0.4, -0.2) is 43.0 Å². The average molecular weight is 589 g/mol. The molecule has 0 atom stereocenters. The molecule has 30 heavy (non-hydrogen) atoms. The second-order valence-electron chi connectivity index (χ2n) is 5.85. The zero-order valence-electron chi connectivity index (χ0n) is 16.3. The Bertz CT molecular complexity index is 1020. The second-order valence-corrected chi connectivity index (χ2v) is 7.81. The maximum Gasteiger partial charge on any atom is 0.278 e. The summed E-state index contributed by atoms with van der Waals surface area (Å²) < 4.78 is 16.9. The van der Waals surface area contributed by atoms with Crippen LogP contribution < -0.4 is 14.9 Å². The number of hydrazone groups is 1. The number of phenols is 1. The maximum absolute atomic E-state index is 12.1. The van der Waals surface area contributed by atoms with Crippen LogP contribution in [0.3, 0.4) is 0 Å². The first-order chi connectivity index (χ1) is 14.3. The van der Waals surface area contributed by atoms with E-state index >= 15 is 0 Å². The number of ether oxygens (including phenoxy) is 3. The SMILES string of the molecule is COCc1c(Br)c(C)nc(OCC(=O)N/N=C/c2cc(I)c(O)c(OC)c2)c1C#N. The minimum Gasteiger partial charge on any atom is -0.504 e. The van der Waals surface area contributed by atoms with Crippen molar-refractivity contribution < 1.29 is 24.1 Å². The van der Waals surface area contributed by atoms with E-state index in [-0.39, 0.29) is 30.4 Å². The number of rotatable bonds is 8. The molecule has 0 fully saturated rings. The Kier molecular flexibility index (Phi) is 8.82. The number of aromatic nitrogens is 1. The molecular weight excluding hydrogens is 571 g/mol. The smallest absolute Gasteiger partial charge is 0.278 e. The third-order valence-corrected chi connectivity index (χ3v) is 5.66. The summed E-state index contributed by atoms with van der Waals surface area (Å²) in [6.45, 7) is 1.55. The van der Waals surface area contributed by atoms with Crippen LogP contribution in [0.4, 0.5) is 0 Å². The fraction of sp³-hybridized carbons (Fsp3) is 0.263. The number of nitriles is 1. The molecule has 1 heterocycles. The number of halogens is 2. The molecule has 0 saturated heterocycles. The van der Waals surface area contributed by atoms with Crippen molar-refractivity contribution in [2.75, 3.05) is 20.8 Å². The summed E-state index contributed by atoms with van der Waals surface area (Å²) in [7, 11) is 2.95. The summed E-state index contributed by atoms with van der Waals surface area (Å²) in [5, 5.41) is 23.2. The van der Waals surface area contributed by atoms with Crippen molar-refractivity contribution in [1.82, 2.24) is 10.4 Å². The number of aromatic hydroxyl groups is 1. The monoisotopic (exact) mass is 588 g/mol. The van der Waals surface area contributed by atoms with Gasteiger partial charge in [0.15, 0.2) is 18.1 Å². The van der Waals surface area contributed by atoms with Crippen LogP contribution in [-0.2, 0) is 16.1 Å². The molecule has 1 amide bonds. The van der Waals surface area contributed by atoms with E-state index in [1.807, 2.05) is 28.7 Å². The Morgan fingerprint density at radius 1 is 1.47 bits per heavy atom. The minimum absolute atomic E-state index is 0.0334. The fourth-order valence-electron chi connectivity index (χ4n) is 2.38. The Hall–Kier alpha value is -2.43. The quantitative estimate of drug-likeness (QED) is 0.276. The Morgan fingerprint density at radius 2 is 2.20 bits per heavy atom. The molecular formula is C19H18BrIN4O5. The van der Waals surface area contributed by atoms with E-state index < -0.39 is 5.91 Å². The van der Waals surface area contributed by atoms with E-state index in [9.17, 15) is 15.2 Å². The molecule has 2 N–H and O–H groups in total. The first-order valence-electron chi connectivity index (χ1n) is 8.41. The number of aryl methyl sites for hydroxylation is 1. The largest absolute Gasteiger partial charge is 0.504 e. The zero-order chi connectivity index (χ0) is 22.3. The molecule has 0 aliphatic rings. The molecule has 158 valence electrons. The van der Waals surface area contributed by atoms with Gasteiger partial charge in [0.25, 0.3) is 5.91 Å². The number of pyridine rings is 1. The first-order valence-corrected chi connectivity index (χ1v) is 10.3. The zero-order valence-corrected chi connectivity index (χ0v) is 20.1. The molecule has 1 aromatic heterocycles. The molecule has 0 aliphatic heterocycles. The fourth-order valence-corrected chi connectivity index (χ4v) is 3.41. The number of nitrogens with one attached hydrogen (secondary N) is 1. The van der Waals surface area contributed by atoms with Gasteiger partial charge in [-0.3, -0.25) is 4.79 Å². The lowest BCUT2D eigenvalue weighted by Crippen LogP contribution is -2.25. The normalized spacial score (nSPS) is 10.7. The number of benzene rings is 1. The van der Waals surface area contributed by atoms with E-state index in [0.29, 0.717) is 30.6 Å². The molecule has 1 aromatic carbocycles. The van der Waals surface area contributed by atoms with Crippen LogP contribution in [0.25, 0.3) is 0 Å². The number of nitrogens with zero attached hydrogens (tertiary/aromatic N) is 3. The van der Waals surface area contributed by atoms with Gasteiger partial charge in [-0.15, -0.1) is 0 Å². The lowest BCUT2D eigenvalue weighted by atomic mass is 10.1. The molecule has 0 unspecified atom stereocenters. The van der Waals surface area contributed by atoms with Gasteiger partial charge in [-0.05, 0) is 63.1 Å². The number of amides is 1. The first kappa shape index (κ1) is 23.8. The van der Waals surface area contributed by atoms with Gasteiger partial charge in [0.1, 0.15) is 11.6 Å². The van der Waals surface area contributed by atoms with Gasteiger partial charge < -0.3 is 19.3 Å². The Morgan fingerprint density at radius 3 is 2.83 bits per heavy atom. The van der Waals surface area contributed by atoms with Crippen LogP contribution in [0.15, 0.2) is 21.7 Å². The topological polar surface area (TPSA) is 126 Å². The minimum atomic E-state index is -0.536. The summed E-state index contributed by atoms with van der Waals surface area (Å²) in [5.41, 5.74) is 4.34. The van der Waals surface area contributed by atoms with Gasteiger partial charge in [-0.2, -0.15) is 10.4 Å². The molecule has 0 spiro atoms. The van der Waals surface area contributed by atoms with Crippen LogP contribution in [0.5, 0.6) is 17.4 Å². The van der Waals surface area contributed by atoms with Gasteiger partial charge >= 0.3 is 0 Å². The summed E-state index contributed by atoms with van der Waals surface area (Å²) in [6, 6.07) is 5.29. The van der Waals surface area contributed by atoms with Crippen LogP contribution in [0.1, 0.15) is 22.4 Å². The van der Waals surface area contributed by atoms with Crippen LogP contribution in [0, 0.1) is 21.8 Å². The molecule has 0 bridgehead atoms. The van der Waals surface area contributed by atoms with Crippen LogP contribution in [0.2, 0.25) is 0 Å². The molecule has 9 nitrogen and oxygen atoms in total. The van der Waals surface area contributed by atoms with Gasteiger partial charge in [-0.25, -0.2) is 10.4 Å². The van der Waals surface area contributed by atoms with Crippen molar-refractivity contribution in [2.45, 2.75) is 13.5 Å². The van der Waals surface area contributed by atoms with Crippen LogP contribution >= 0.6 is 38.5 Å². The van der Waals surface area contributed by atoms with Gasteiger partial charge in [-0.1, -0.05) is 0 Å². The molecule has 2 rings (SSSR count). The predicted molar refractivity (Wildman–Crippen MR) is 121 cm³/mol. The van der Waals surface area contributed by atoms with Crippen molar-refractivity contribution in [3.05, 3.63) is 42.6 Å². The number of methoxy groups -OCH3 is 2. The molecule has 0 aliphatic carbocycles. The molecule has 0 radical (unpaired) electrons. The highest BCUT2D eigenvalue weighted by Gasteiger charge is 2.18. The predicted octanol–water partition coefficient (Wildman–Crippen LogP) is 3.02. The highest BCUT2D eigenvalue weighted by atomic mass is 127. The van der Waals surface area contributed by atoms with Crippen molar-refractivity contribution in [3.8, 4) is 23.4 Å².